The van der Waals surface area contributed by atoms with Gasteiger partial charge in [0.1, 0.15) is 11.9 Å². The summed E-state index contributed by atoms with van der Waals surface area (Å²) in [5.74, 6) is 0.712. The summed E-state index contributed by atoms with van der Waals surface area (Å²) in [6, 6.07) is 17.0. The summed E-state index contributed by atoms with van der Waals surface area (Å²) in [7, 11) is 0. The fraction of sp³-hybridized carbons (Fsp3) is 0.250. The molecule has 0 amide bonds. The van der Waals surface area contributed by atoms with Gasteiger partial charge in [0.15, 0.2) is 6.10 Å². The van der Waals surface area contributed by atoms with Crippen LogP contribution in [0.3, 0.4) is 0 Å². The van der Waals surface area contributed by atoms with Crippen LogP contribution in [-0.2, 0) is 0 Å². The number of ether oxygens (including phenoxy) is 1. The van der Waals surface area contributed by atoms with E-state index in [1.807, 2.05) is 61.5 Å². The number of rotatable bonds is 5. The monoisotopic (exact) mass is 258 g/mol. The second-order valence-electron chi connectivity index (χ2n) is 4.46. The largest absolute Gasteiger partial charge is 0.483 e. The third kappa shape index (κ3) is 3.34. The molecule has 2 aromatic carbocycles. The average molecular weight is 258 g/mol. The standard InChI is InChI=1S/C16H18O3/c1-12-7-5-6-10-15(12)19-16(14(18)11-17)13-8-3-2-4-9-13/h2-10,14,16-18H,11H2,1H3/t14-,16+/m1/s1. The van der Waals surface area contributed by atoms with Crippen LogP contribution in [0, 0.1) is 6.92 Å². The van der Waals surface area contributed by atoms with Crippen molar-refractivity contribution in [3.8, 4) is 5.75 Å². The Morgan fingerprint density at radius 2 is 1.63 bits per heavy atom. The molecule has 2 N–H and O–H groups in total. The van der Waals surface area contributed by atoms with Gasteiger partial charge in [0.05, 0.1) is 6.61 Å². The van der Waals surface area contributed by atoms with Crippen molar-refractivity contribution in [2.45, 2.75) is 19.1 Å². The molecule has 2 aromatic rings. The molecule has 2 atom stereocenters. The van der Waals surface area contributed by atoms with Crippen LogP contribution in [0.25, 0.3) is 0 Å². The zero-order valence-corrected chi connectivity index (χ0v) is 10.9. The molecule has 2 rings (SSSR count). The molecule has 0 heterocycles. The first-order valence-corrected chi connectivity index (χ1v) is 6.28. The highest BCUT2D eigenvalue weighted by Crippen LogP contribution is 2.27. The maximum atomic E-state index is 9.95. The molecule has 0 aliphatic carbocycles. The first kappa shape index (κ1) is 13.6. The molecule has 0 bridgehead atoms. The van der Waals surface area contributed by atoms with Gasteiger partial charge >= 0.3 is 0 Å². The molecule has 0 spiro atoms. The van der Waals surface area contributed by atoms with Crippen LogP contribution in [0.2, 0.25) is 0 Å². The van der Waals surface area contributed by atoms with E-state index in [1.165, 1.54) is 0 Å². The minimum atomic E-state index is -0.956. The Bertz CT molecular complexity index is 510. The van der Waals surface area contributed by atoms with Gasteiger partial charge < -0.3 is 14.9 Å². The van der Waals surface area contributed by atoms with Crippen LogP contribution in [0.4, 0.5) is 0 Å². The minimum absolute atomic E-state index is 0.342. The van der Waals surface area contributed by atoms with Crippen molar-refractivity contribution >= 4 is 0 Å². The summed E-state index contributed by atoms with van der Waals surface area (Å²) in [6.07, 6.45) is -1.53. The van der Waals surface area contributed by atoms with Crippen molar-refractivity contribution < 1.29 is 14.9 Å². The molecule has 3 nitrogen and oxygen atoms in total. The lowest BCUT2D eigenvalue weighted by Gasteiger charge is -2.24. The Labute approximate surface area is 113 Å². The molecule has 0 saturated heterocycles. The Balaban J connectivity index is 2.27. The lowest BCUT2D eigenvalue weighted by Crippen LogP contribution is -2.27. The van der Waals surface area contributed by atoms with Gasteiger partial charge in [-0.3, -0.25) is 0 Å². The molecule has 3 heteroatoms. The zero-order valence-electron chi connectivity index (χ0n) is 10.9. The van der Waals surface area contributed by atoms with Gasteiger partial charge in [0.25, 0.3) is 0 Å². The normalized spacial score (nSPS) is 13.8. The molecular weight excluding hydrogens is 240 g/mol. The molecule has 0 radical (unpaired) electrons. The number of para-hydroxylation sites is 1. The second-order valence-corrected chi connectivity index (χ2v) is 4.46. The van der Waals surface area contributed by atoms with Crippen LogP contribution >= 0.6 is 0 Å². The number of hydrogen-bond acceptors (Lipinski definition) is 3. The highest BCUT2D eigenvalue weighted by Gasteiger charge is 2.22. The maximum absolute atomic E-state index is 9.95. The van der Waals surface area contributed by atoms with Crippen molar-refractivity contribution in [3.63, 3.8) is 0 Å². The fourth-order valence-corrected chi connectivity index (χ4v) is 1.93. The second kappa shape index (κ2) is 6.36. The molecule has 19 heavy (non-hydrogen) atoms. The Kier molecular flexibility index (Phi) is 4.55. The summed E-state index contributed by atoms with van der Waals surface area (Å²) in [5.41, 5.74) is 1.83. The quantitative estimate of drug-likeness (QED) is 0.866. The van der Waals surface area contributed by atoms with Crippen molar-refractivity contribution in [2.24, 2.45) is 0 Å². The van der Waals surface area contributed by atoms with Gasteiger partial charge in [0.2, 0.25) is 0 Å². The summed E-state index contributed by atoms with van der Waals surface area (Å²) < 4.78 is 5.87. The van der Waals surface area contributed by atoms with Crippen molar-refractivity contribution in [1.29, 1.82) is 0 Å². The van der Waals surface area contributed by atoms with E-state index in [9.17, 15) is 10.2 Å². The lowest BCUT2D eigenvalue weighted by atomic mass is 10.0. The fourth-order valence-electron chi connectivity index (χ4n) is 1.93. The molecule has 0 saturated carbocycles. The molecule has 0 aromatic heterocycles. The molecule has 0 aliphatic heterocycles. The van der Waals surface area contributed by atoms with Crippen LogP contribution in [-0.4, -0.2) is 22.9 Å². The molecule has 0 aliphatic rings. The van der Waals surface area contributed by atoms with Crippen LogP contribution in [0.15, 0.2) is 54.6 Å². The van der Waals surface area contributed by atoms with Gasteiger partial charge in [-0.25, -0.2) is 0 Å². The third-order valence-corrected chi connectivity index (χ3v) is 3.01. The smallest absolute Gasteiger partial charge is 0.152 e. The SMILES string of the molecule is Cc1ccccc1O[C@@H](c1ccccc1)[C@H](O)CO. The predicted molar refractivity (Wildman–Crippen MR) is 74.1 cm³/mol. The highest BCUT2D eigenvalue weighted by molar-refractivity contribution is 5.33. The number of benzene rings is 2. The van der Waals surface area contributed by atoms with E-state index >= 15 is 0 Å². The van der Waals surface area contributed by atoms with E-state index in [-0.39, 0.29) is 6.61 Å². The first-order valence-electron chi connectivity index (χ1n) is 6.28. The Morgan fingerprint density at radius 3 is 2.26 bits per heavy atom. The number of aliphatic hydroxyl groups excluding tert-OH is 2. The van der Waals surface area contributed by atoms with Gasteiger partial charge in [-0.2, -0.15) is 0 Å². The topological polar surface area (TPSA) is 49.7 Å². The van der Waals surface area contributed by atoms with Gasteiger partial charge in [0, 0.05) is 0 Å². The number of aryl methyl sites for hydroxylation is 1. The molecule has 100 valence electrons. The van der Waals surface area contributed by atoms with Crippen LogP contribution in [0.5, 0.6) is 5.75 Å². The van der Waals surface area contributed by atoms with E-state index < -0.39 is 12.2 Å². The molecular formula is C16H18O3. The van der Waals surface area contributed by atoms with Crippen LogP contribution in [0.1, 0.15) is 17.2 Å². The highest BCUT2D eigenvalue weighted by atomic mass is 16.5. The van der Waals surface area contributed by atoms with Crippen molar-refractivity contribution in [1.82, 2.24) is 0 Å². The van der Waals surface area contributed by atoms with E-state index in [0.717, 1.165) is 11.1 Å². The third-order valence-electron chi connectivity index (χ3n) is 3.01. The van der Waals surface area contributed by atoms with Crippen LogP contribution < -0.4 is 4.74 Å². The van der Waals surface area contributed by atoms with E-state index in [1.54, 1.807) is 0 Å². The summed E-state index contributed by atoms with van der Waals surface area (Å²) in [4.78, 5) is 0. The summed E-state index contributed by atoms with van der Waals surface area (Å²) in [6.45, 7) is 1.61. The van der Waals surface area contributed by atoms with E-state index in [0.29, 0.717) is 5.75 Å². The lowest BCUT2D eigenvalue weighted by molar-refractivity contribution is -0.00217. The maximum Gasteiger partial charge on any atom is 0.152 e. The first-order chi connectivity index (χ1) is 9.22. The molecule has 0 fully saturated rings. The average Bonchev–Trinajstić information content (AvgIpc) is 2.46. The number of aliphatic hydroxyl groups is 2. The predicted octanol–water partition coefficient (Wildman–Crippen LogP) is 2.47. The minimum Gasteiger partial charge on any atom is -0.483 e. The van der Waals surface area contributed by atoms with Gasteiger partial charge in [-0.05, 0) is 24.1 Å². The van der Waals surface area contributed by atoms with E-state index in [4.69, 9.17) is 4.74 Å². The summed E-state index contributed by atoms with van der Waals surface area (Å²) in [5, 5.41) is 19.1. The van der Waals surface area contributed by atoms with Crippen molar-refractivity contribution in [3.05, 3.63) is 65.7 Å². The van der Waals surface area contributed by atoms with E-state index in [2.05, 4.69) is 0 Å². The Hall–Kier alpha value is -1.84. The van der Waals surface area contributed by atoms with Gasteiger partial charge in [-0.15, -0.1) is 0 Å². The number of hydrogen-bond donors (Lipinski definition) is 2. The Morgan fingerprint density at radius 1 is 1.00 bits per heavy atom. The zero-order chi connectivity index (χ0) is 13.7. The van der Waals surface area contributed by atoms with Gasteiger partial charge in [-0.1, -0.05) is 48.5 Å². The molecule has 0 unspecified atom stereocenters. The van der Waals surface area contributed by atoms with Crippen molar-refractivity contribution in [2.75, 3.05) is 6.61 Å². The summed E-state index contributed by atoms with van der Waals surface area (Å²) >= 11 is 0.